The third kappa shape index (κ3) is 2.96. The highest BCUT2D eigenvalue weighted by Gasteiger charge is 2.11. The van der Waals surface area contributed by atoms with Crippen LogP contribution in [0.15, 0.2) is 22.7 Å². The number of rotatable bonds is 4. The molecule has 1 N–H and O–H groups in total. The predicted octanol–water partition coefficient (Wildman–Crippen LogP) is 2.85. The van der Waals surface area contributed by atoms with Crippen LogP contribution in [-0.4, -0.2) is 16.2 Å². The third-order valence-electron chi connectivity index (χ3n) is 2.76. The molecule has 0 aliphatic carbocycles. The summed E-state index contributed by atoms with van der Waals surface area (Å²) in [6, 6.07) is 6.63. The van der Waals surface area contributed by atoms with Crippen molar-refractivity contribution in [2.75, 3.05) is 0 Å². The van der Waals surface area contributed by atoms with Crippen LogP contribution in [-0.2, 0) is 6.54 Å². The first-order valence-electron chi connectivity index (χ1n) is 6.20. The van der Waals surface area contributed by atoms with Crippen LogP contribution < -0.4 is 5.32 Å². The number of hydrogen-bond donors (Lipinski definition) is 1. The summed E-state index contributed by atoms with van der Waals surface area (Å²) in [7, 11) is 0. The molecule has 0 aliphatic heterocycles. The smallest absolute Gasteiger partial charge is 0.258 e. The molecule has 1 heterocycles. The SMILES string of the molecule is Cc1ccc(C)c(-c2nc(CNC(C)C)no2)c1. The van der Waals surface area contributed by atoms with E-state index in [0.29, 0.717) is 24.3 Å². The van der Waals surface area contributed by atoms with Crippen molar-refractivity contribution in [2.24, 2.45) is 0 Å². The molecule has 0 bridgehead atoms. The summed E-state index contributed by atoms with van der Waals surface area (Å²) in [5.74, 6) is 1.29. The Balaban J connectivity index is 2.21. The molecule has 0 aliphatic rings. The van der Waals surface area contributed by atoms with Gasteiger partial charge in [-0.3, -0.25) is 0 Å². The Morgan fingerprint density at radius 2 is 2.06 bits per heavy atom. The Morgan fingerprint density at radius 3 is 2.78 bits per heavy atom. The summed E-state index contributed by atoms with van der Waals surface area (Å²) >= 11 is 0. The summed E-state index contributed by atoms with van der Waals surface area (Å²) in [5.41, 5.74) is 3.35. The number of benzene rings is 1. The predicted molar refractivity (Wildman–Crippen MR) is 71.2 cm³/mol. The Labute approximate surface area is 107 Å². The van der Waals surface area contributed by atoms with Crippen LogP contribution in [0.4, 0.5) is 0 Å². The molecule has 0 unspecified atom stereocenters. The zero-order chi connectivity index (χ0) is 13.1. The Morgan fingerprint density at radius 1 is 1.28 bits per heavy atom. The van der Waals surface area contributed by atoms with Gasteiger partial charge in [-0.25, -0.2) is 0 Å². The van der Waals surface area contributed by atoms with Crippen LogP contribution in [0, 0.1) is 13.8 Å². The summed E-state index contributed by atoms with van der Waals surface area (Å²) in [6.07, 6.45) is 0. The zero-order valence-corrected chi connectivity index (χ0v) is 11.3. The van der Waals surface area contributed by atoms with Crippen LogP contribution in [0.3, 0.4) is 0 Å². The first-order valence-corrected chi connectivity index (χ1v) is 6.20. The zero-order valence-electron chi connectivity index (χ0n) is 11.3. The highest BCUT2D eigenvalue weighted by molar-refractivity contribution is 5.59. The summed E-state index contributed by atoms with van der Waals surface area (Å²) in [6.45, 7) is 8.91. The first kappa shape index (κ1) is 12.8. The third-order valence-corrected chi connectivity index (χ3v) is 2.76. The van der Waals surface area contributed by atoms with Crippen molar-refractivity contribution in [3.05, 3.63) is 35.2 Å². The van der Waals surface area contributed by atoms with Gasteiger partial charge in [-0.2, -0.15) is 4.98 Å². The lowest BCUT2D eigenvalue weighted by molar-refractivity contribution is 0.417. The average molecular weight is 245 g/mol. The van der Waals surface area contributed by atoms with Gasteiger partial charge in [-0.05, 0) is 25.5 Å². The fraction of sp³-hybridized carbons (Fsp3) is 0.429. The molecule has 0 spiro atoms. The van der Waals surface area contributed by atoms with E-state index in [9.17, 15) is 0 Å². The van der Waals surface area contributed by atoms with E-state index in [0.717, 1.165) is 11.1 Å². The van der Waals surface area contributed by atoms with Crippen LogP contribution in [0.1, 0.15) is 30.8 Å². The summed E-state index contributed by atoms with van der Waals surface area (Å²) < 4.78 is 5.32. The maximum atomic E-state index is 5.32. The molecular formula is C14H19N3O. The van der Waals surface area contributed by atoms with Crippen LogP contribution >= 0.6 is 0 Å². The second kappa shape index (κ2) is 5.31. The highest BCUT2D eigenvalue weighted by Crippen LogP contribution is 2.22. The van der Waals surface area contributed by atoms with Crippen molar-refractivity contribution in [2.45, 2.75) is 40.3 Å². The van der Waals surface area contributed by atoms with Gasteiger partial charge >= 0.3 is 0 Å². The van der Waals surface area contributed by atoms with E-state index >= 15 is 0 Å². The van der Waals surface area contributed by atoms with Gasteiger partial charge in [0.25, 0.3) is 5.89 Å². The molecule has 0 saturated carbocycles. The topological polar surface area (TPSA) is 51.0 Å². The molecule has 96 valence electrons. The second-order valence-corrected chi connectivity index (χ2v) is 4.87. The van der Waals surface area contributed by atoms with E-state index in [1.165, 1.54) is 5.56 Å². The average Bonchev–Trinajstić information content (AvgIpc) is 2.78. The molecule has 2 aromatic rings. The molecule has 0 fully saturated rings. The lowest BCUT2D eigenvalue weighted by atomic mass is 10.1. The molecule has 4 nitrogen and oxygen atoms in total. The minimum atomic E-state index is 0.410. The molecule has 0 saturated heterocycles. The van der Waals surface area contributed by atoms with E-state index in [4.69, 9.17) is 4.52 Å². The maximum absolute atomic E-state index is 5.32. The minimum absolute atomic E-state index is 0.410. The molecule has 1 aromatic carbocycles. The van der Waals surface area contributed by atoms with Crippen molar-refractivity contribution < 1.29 is 4.52 Å². The Kier molecular flexibility index (Phi) is 3.77. The molecule has 1 aromatic heterocycles. The van der Waals surface area contributed by atoms with Crippen molar-refractivity contribution in [1.29, 1.82) is 0 Å². The monoisotopic (exact) mass is 245 g/mol. The van der Waals surface area contributed by atoms with Gasteiger partial charge in [-0.15, -0.1) is 0 Å². The van der Waals surface area contributed by atoms with Gasteiger partial charge in [-0.1, -0.05) is 36.7 Å². The Bertz CT molecular complexity index is 532. The van der Waals surface area contributed by atoms with Crippen molar-refractivity contribution >= 4 is 0 Å². The lowest BCUT2D eigenvalue weighted by Gasteiger charge is -2.03. The number of nitrogens with one attached hydrogen (secondary N) is 1. The molecule has 4 heteroatoms. The normalized spacial score (nSPS) is 11.2. The van der Waals surface area contributed by atoms with Gasteiger partial charge in [0.1, 0.15) is 0 Å². The number of nitrogens with zero attached hydrogens (tertiary/aromatic N) is 2. The fourth-order valence-corrected chi connectivity index (χ4v) is 1.70. The largest absolute Gasteiger partial charge is 0.334 e. The van der Waals surface area contributed by atoms with Gasteiger partial charge in [0.15, 0.2) is 5.82 Å². The molecule has 2 rings (SSSR count). The number of hydrogen-bond acceptors (Lipinski definition) is 4. The maximum Gasteiger partial charge on any atom is 0.258 e. The van der Waals surface area contributed by atoms with Crippen molar-refractivity contribution in [3.8, 4) is 11.5 Å². The van der Waals surface area contributed by atoms with E-state index in [-0.39, 0.29) is 0 Å². The number of aryl methyl sites for hydroxylation is 2. The second-order valence-electron chi connectivity index (χ2n) is 4.87. The van der Waals surface area contributed by atoms with Crippen LogP contribution in [0.2, 0.25) is 0 Å². The lowest BCUT2D eigenvalue weighted by Crippen LogP contribution is -2.22. The molecule has 0 amide bonds. The van der Waals surface area contributed by atoms with Gasteiger partial charge < -0.3 is 9.84 Å². The molecule has 0 atom stereocenters. The standard InChI is InChI=1S/C14H19N3O/c1-9(2)15-8-13-16-14(18-17-13)12-7-10(3)5-6-11(12)4/h5-7,9,15H,8H2,1-4H3. The fourth-order valence-electron chi connectivity index (χ4n) is 1.70. The first-order chi connectivity index (χ1) is 8.56. The quantitative estimate of drug-likeness (QED) is 0.900. The van der Waals surface area contributed by atoms with Crippen molar-refractivity contribution in [1.82, 2.24) is 15.5 Å². The number of aromatic nitrogens is 2. The van der Waals surface area contributed by atoms with E-state index < -0.39 is 0 Å². The van der Waals surface area contributed by atoms with Gasteiger partial charge in [0.2, 0.25) is 0 Å². The minimum Gasteiger partial charge on any atom is -0.334 e. The molecule has 18 heavy (non-hydrogen) atoms. The summed E-state index contributed by atoms with van der Waals surface area (Å²) in [5, 5.41) is 7.25. The highest BCUT2D eigenvalue weighted by atomic mass is 16.5. The van der Waals surface area contributed by atoms with Crippen molar-refractivity contribution in [3.63, 3.8) is 0 Å². The Hall–Kier alpha value is -1.68. The van der Waals surface area contributed by atoms with E-state index in [1.807, 2.05) is 6.92 Å². The summed E-state index contributed by atoms with van der Waals surface area (Å²) in [4.78, 5) is 4.41. The van der Waals surface area contributed by atoms with Gasteiger partial charge in [0.05, 0.1) is 6.54 Å². The van der Waals surface area contributed by atoms with E-state index in [2.05, 4.69) is 54.4 Å². The van der Waals surface area contributed by atoms with Gasteiger partial charge in [0, 0.05) is 11.6 Å². The molecular weight excluding hydrogens is 226 g/mol. The molecule has 0 radical (unpaired) electrons. The van der Waals surface area contributed by atoms with Crippen LogP contribution in [0.25, 0.3) is 11.5 Å². The van der Waals surface area contributed by atoms with Crippen LogP contribution in [0.5, 0.6) is 0 Å². The van der Waals surface area contributed by atoms with E-state index in [1.54, 1.807) is 0 Å².